The molecule has 0 aliphatic heterocycles. The Kier molecular flexibility index (Phi) is 21.2. The maximum absolute atomic E-state index is 12.5. The van der Waals surface area contributed by atoms with Crippen LogP contribution in [0.5, 0.6) is 0 Å². The second-order valence-corrected chi connectivity index (χ2v) is 7.82. The van der Waals surface area contributed by atoms with E-state index < -0.39 is 0 Å². The lowest BCUT2D eigenvalue weighted by Gasteiger charge is -2.32. The second-order valence-electron chi connectivity index (χ2n) is 7.82. The largest absolute Gasteiger partial charge is 0.870 e. The standard InChI is InChI=1S/C24H48NO.H2O/c1-5-9-10-11-12-13-14-15-16-17-18-19-20-21-22-23-24(26)25(6-2,7-3)8-4;/h15-16H,5-14,17-23H2,1-4H3;1H2/q+1;/p-1. The van der Waals surface area contributed by atoms with Gasteiger partial charge >= 0.3 is 5.91 Å². The van der Waals surface area contributed by atoms with Gasteiger partial charge < -0.3 is 5.48 Å². The van der Waals surface area contributed by atoms with Gasteiger partial charge in [-0.1, -0.05) is 70.4 Å². The summed E-state index contributed by atoms with van der Waals surface area (Å²) >= 11 is 0. The van der Waals surface area contributed by atoms with Gasteiger partial charge in [-0.15, -0.1) is 0 Å². The van der Waals surface area contributed by atoms with Crippen LogP contribution in [0.1, 0.15) is 118 Å². The average molecular weight is 384 g/mol. The molecule has 0 aromatic rings. The Morgan fingerprint density at radius 1 is 0.630 bits per heavy atom. The number of carbonyl (C=O) groups is 1. The molecular formula is C24H49NO2. The van der Waals surface area contributed by atoms with Gasteiger partial charge in [0.25, 0.3) is 0 Å². The second kappa shape index (κ2) is 20.1. The van der Waals surface area contributed by atoms with Crippen molar-refractivity contribution in [3.05, 3.63) is 12.2 Å². The topological polar surface area (TPSA) is 47.1 Å². The fourth-order valence-electron chi connectivity index (χ4n) is 3.78. The van der Waals surface area contributed by atoms with Gasteiger partial charge in [0.15, 0.2) is 0 Å². The Morgan fingerprint density at radius 3 is 1.48 bits per heavy atom. The summed E-state index contributed by atoms with van der Waals surface area (Å²) in [6.07, 6.45) is 22.6. The number of hydrogen-bond acceptors (Lipinski definition) is 2. The van der Waals surface area contributed by atoms with Crippen molar-refractivity contribution < 1.29 is 14.8 Å². The minimum atomic E-state index is 0. The average Bonchev–Trinajstić information content (AvgIpc) is 2.66. The molecule has 0 rings (SSSR count). The summed E-state index contributed by atoms with van der Waals surface area (Å²) in [6.45, 7) is 11.5. The van der Waals surface area contributed by atoms with E-state index in [1.165, 1.54) is 77.0 Å². The van der Waals surface area contributed by atoms with Gasteiger partial charge in [0.05, 0.1) is 26.1 Å². The molecule has 0 aromatic carbocycles. The highest BCUT2D eigenvalue weighted by molar-refractivity contribution is 5.68. The maximum Gasteiger partial charge on any atom is 0.313 e. The monoisotopic (exact) mass is 383 g/mol. The number of unbranched alkanes of at least 4 members (excludes halogenated alkanes) is 11. The van der Waals surface area contributed by atoms with Gasteiger partial charge in [-0.3, -0.25) is 4.48 Å². The van der Waals surface area contributed by atoms with E-state index in [0.717, 1.165) is 32.5 Å². The molecule has 0 aliphatic rings. The number of nitrogens with zero attached hydrogens (tertiary/aromatic N) is 1. The summed E-state index contributed by atoms with van der Waals surface area (Å²) < 4.78 is 0.670. The van der Waals surface area contributed by atoms with Crippen molar-refractivity contribution in [2.45, 2.75) is 118 Å². The molecule has 1 amide bonds. The van der Waals surface area contributed by atoms with Crippen LogP contribution in [0.15, 0.2) is 12.2 Å². The van der Waals surface area contributed by atoms with E-state index in [2.05, 4.69) is 39.8 Å². The fraction of sp³-hybridized carbons (Fsp3) is 0.875. The Labute approximate surface area is 170 Å². The summed E-state index contributed by atoms with van der Waals surface area (Å²) in [7, 11) is 0. The van der Waals surface area contributed by atoms with Crippen molar-refractivity contribution in [2.75, 3.05) is 19.6 Å². The first kappa shape index (κ1) is 28.5. The van der Waals surface area contributed by atoms with Crippen LogP contribution in [0, 0.1) is 0 Å². The van der Waals surface area contributed by atoms with E-state index in [0.29, 0.717) is 10.4 Å². The molecule has 3 heteroatoms. The third kappa shape index (κ3) is 14.0. The van der Waals surface area contributed by atoms with Crippen molar-refractivity contribution in [1.29, 1.82) is 0 Å². The molecule has 0 spiro atoms. The number of carbonyl (C=O) groups excluding carboxylic acids is 1. The smallest absolute Gasteiger partial charge is 0.313 e. The summed E-state index contributed by atoms with van der Waals surface area (Å²) in [5.74, 6) is 0.454. The highest BCUT2D eigenvalue weighted by Gasteiger charge is 2.29. The van der Waals surface area contributed by atoms with Gasteiger partial charge in [0.1, 0.15) is 0 Å². The molecule has 0 aliphatic carbocycles. The first-order chi connectivity index (χ1) is 12.7. The minimum absolute atomic E-state index is 0. The lowest BCUT2D eigenvalue weighted by Crippen LogP contribution is -2.52. The maximum atomic E-state index is 12.5. The third-order valence-corrected chi connectivity index (χ3v) is 6.00. The molecule has 0 unspecified atom stereocenters. The molecule has 0 atom stereocenters. The molecule has 1 N–H and O–H groups in total. The van der Waals surface area contributed by atoms with E-state index >= 15 is 0 Å². The van der Waals surface area contributed by atoms with Crippen molar-refractivity contribution in [1.82, 2.24) is 0 Å². The third-order valence-electron chi connectivity index (χ3n) is 6.00. The molecule has 27 heavy (non-hydrogen) atoms. The Bertz CT molecular complexity index is 340. The lowest BCUT2D eigenvalue weighted by molar-refractivity contribution is -0.849. The van der Waals surface area contributed by atoms with Crippen LogP contribution < -0.4 is 0 Å². The van der Waals surface area contributed by atoms with Gasteiger partial charge in [-0.25, -0.2) is 4.79 Å². The normalized spacial score (nSPS) is 11.7. The van der Waals surface area contributed by atoms with E-state index in [9.17, 15) is 4.79 Å². The Balaban J connectivity index is 0. The van der Waals surface area contributed by atoms with Crippen LogP contribution in [-0.2, 0) is 4.79 Å². The van der Waals surface area contributed by atoms with Crippen LogP contribution in [0.4, 0.5) is 0 Å². The number of allylic oxidation sites excluding steroid dienone is 2. The predicted octanol–water partition coefficient (Wildman–Crippen LogP) is 7.25. The molecule has 0 bridgehead atoms. The zero-order chi connectivity index (χ0) is 19.5. The number of quaternary nitrogens is 1. The molecule has 162 valence electrons. The van der Waals surface area contributed by atoms with Crippen LogP contribution in [0.25, 0.3) is 0 Å². The summed E-state index contributed by atoms with van der Waals surface area (Å²) in [5, 5.41) is 0. The van der Waals surface area contributed by atoms with E-state index in [1.807, 2.05) is 0 Å². The summed E-state index contributed by atoms with van der Waals surface area (Å²) in [5.41, 5.74) is 0. The highest BCUT2D eigenvalue weighted by atomic mass is 16.2. The fourth-order valence-corrected chi connectivity index (χ4v) is 3.78. The quantitative estimate of drug-likeness (QED) is 0.142. The molecule has 3 nitrogen and oxygen atoms in total. The summed E-state index contributed by atoms with van der Waals surface area (Å²) in [6, 6.07) is 0. The Morgan fingerprint density at radius 2 is 1.04 bits per heavy atom. The van der Waals surface area contributed by atoms with Crippen molar-refractivity contribution in [3.63, 3.8) is 0 Å². The first-order valence-electron chi connectivity index (χ1n) is 11.7. The molecule has 0 saturated heterocycles. The number of hydrogen-bond donors (Lipinski definition) is 0. The molecule has 0 heterocycles. The zero-order valence-electron chi connectivity index (χ0n) is 19.0. The molecule has 0 radical (unpaired) electrons. The van der Waals surface area contributed by atoms with Crippen LogP contribution in [-0.4, -0.2) is 35.5 Å². The van der Waals surface area contributed by atoms with E-state index in [1.54, 1.807) is 0 Å². The van der Waals surface area contributed by atoms with Crippen molar-refractivity contribution in [3.8, 4) is 0 Å². The first-order valence-corrected chi connectivity index (χ1v) is 11.7. The highest BCUT2D eigenvalue weighted by Crippen LogP contribution is 2.14. The van der Waals surface area contributed by atoms with Gasteiger partial charge in [-0.05, 0) is 52.9 Å². The van der Waals surface area contributed by atoms with E-state index in [4.69, 9.17) is 0 Å². The molecule has 0 aromatic heterocycles. The Hall–Kier alpha value is -0.670. The number of amides is 1. The predicted molar refractivity (Wildman–Crippen MR) is 118 cm³/mol. The molecule has 0 fully saturated rings. The lowest BCUT2D eigenvalue weighted by atomic mass is 10.1. The van der Waals surface area contributed by atoms with Crippen molar-refractivity contribution >= 4 is 5.91 Å². The van der Waals surface area contributed by atoms with Crippen molar-refractivity contribution in [2.24, 2.45) is 0 Å². The zero-order valence-corrected chi connectivity index (χ0v) is 19.0. The van der Waals surface area contributed by atoms with Gasteiger partial charge in [0.2, 0.25) is 0 Å². The molecule has 0 saturated carbocycles. The van der Waals surface area contributed by atoms with Gasteiger partial charge in [0, 0.05) is 0 Å². The summed E-state index contributed by atoms with van der Waals surface area (Å²) in [4.78, 5) is 12.5. The van der Waals surface area contributed by atoms with Gasteiger partial charge in [-0.2, -0.15) is 0 Å². The number of rotatable bonds is 18. The van der Waals surface area contributed by atoms with Crippen LogP contribution in [0.3, 0.4) is 0 Å². The van der Waals surface area contributed by atoms with Crippen LogP contribution >= 0.6 is 0 Å². The van der Waals surface area contributed by atoms with Crippen LogP contribution in [0.2, 0.25) is 0 Å². The minimum Gasteiger partial charge on any atom is -0.870 e. The SMILES string of the molecule is CCCCCCCCC=CCCCCCCCC(=O)[N+](CC)(CC)CC.[OH-]. The molecular weight excluding hydrogens is 334 g/mol. The van der Waals surface area contributed by atoms with E-state index in [-0.39, 0.29) is 5.48 Å².